The third-order valence-corrected chi connectivity index (χ3v) is 4.85. The van der Waals surface area contributed by atoms with Crippen LogP contribution in [0.15, 0.2) is 42.7 Å². The molecule has 0 radical (unpaired) electrons. The van der Waals surface area contributed by atoms with Crippen molar-refractivity contribution in [3.05, 3.63) is 48.3 Å². The number of amides is 1. The summed E-state index contributed by atoms with van der Waals surface area (Å²) in [5.74, 6) is 1.01. The van der Waals surface area contributed by atoms with E-state index >= 15 is 0 Å². The number of carbonyl (C=O) groups excluding carboxylic acids is 1. The number of allylic oxidation sites excluding steroid dienone is 1. The quantitative estimate of drug-likeness (QED) is 0.858. The Labute approximate surface area is 167 Å². The third-order valence-electron chi connectivity index (χ3n) is 4.85. The fourth-order valence-corrected chi connectivity index (χ4v) is 3.28. The summed E-state index contributed by atoms with van der Waals surface area (Å²) in [4.78, 5) is 16.6. The predicted molar refractivity (Wildman–Crippen MR) is 113 cm³/mol. The van der Waals surface area contributed by atoms with Gasteiger partial charge in [-0.25, -0.2) is 10.1 Å². The number of benzene rings is 1. The first-order valence-electron chi connectivity index (χ1n) is 9.66. The van der Waals surface area contributed by atoms with Gasteiger partial charge in [-0.2, -0.15) is 5.10 Å². The van der Waals surface area contributed by atoms with Crippen molar-refractivity contribution in [3.63, 3.8) is 0 Å². The van der Waals surface area contributed by atoms with E-state index in [0.717, 1.165) is 29.9 Å². The van der Waals surface area contributed by atoms with Crippen LogP contribution in [0.3, 0.4) is 0 Å². The minimum Gasteiger partial charge on any atom is -0.318 e. The molecule has 7 heteroatoms. The zero-order chi connectivity index (χ0) is 20.1. The van der Waals surface area contributed by atoms with Gasteiger partial charge in [0.2, 0.25) is 5.91 Å². The van der Waals surface area contributed by atoms with E-state index in [1.54, 1.807) is 4.90 Å². The first-order chi connectivity index (χ1) is 13.5. The number of aryl methyl sites for hydroxylation is 1. The second-order valence-electron chi connectivity index (χ2n) is 7.45. The molecular formula is C21H30N6O. The van der Waals surface area contributed by atoms with Crippen molar-refractivity contribution >= 4 is 11.7 Å². The van der Waals surface area contributed by atoms with Gasteiger partial charge in [0, 0.05) is 25.4 Å². The summed E-state index contributed by atoms with van der Waals surface area (Å²) >= 11 is 0. The molecule has 1 aliphatic rings. The van der Waals surface area contributed by atoms with Crippen LogP contribution in [0, 0.1) is 6.92 Å². The third kappa shape index (κ3) is 4.79. The average Bonchev–Trinajstić information content (AvgIpc) is 3.08. The van der Waals surface area contributed by atoms with E-state index in [0.29, 0.717) is 13.1 Å². The monoisotopic (exact) mass is 382 g/mol. The number of nitrogens with one attached hydrogen (secondary N) is 1. The molecule has 1 amide bonds. The Morgan fingerprint density at radius 1 is 1.21 bits per heavy atom. The van der Waals surface area contributed by atoms with Crippen molar-refractivity contribution in [2.24, 2.45) is 0 Å². The Morgan fingerprint density at radius 3 is 2.68 bits per heavy atom. The van der Waals surface area contributed by atoms with Crippen LogP contribution in [0.1, 0.15) is 12.0 Å². The van der Waals surface area contributed by atoms with Crippen LogP contribution in [-0.4, -0.2) is 66.3 Å². The van der Waals surface area contributed by atoms with Gasteiger partial charge in [0.25, 0.3) is 0 Å². The summed E-state index contributed by atoms with van der Waals surface area (Å²) in [6.45, 7) is 4.58. The average molecular weight is 383 g/mol. The topological polar surface area (TPSA) is 56.6 Å². The smallest absolute Gasteiger partial charge is 0.242 e. The number of rotatable bonds is 5. The summed E-state index contributed by atoms with van der Waals surface area (Å²) in [7, 11) is 6.02. The van der Waals surface area contributed by atoms with Crippen molar-refractivity contribution in [1.29, 1.82) is 0 Å². The van der Waals surface area contributed by atoms with Crippen LogP contribution in [0.5, 0.6) is 0 Å². The molecule has 3 rings (SSSR count). The molecule has 1 aliphatic heterocycles. The zero-order valence-electron chi connectivity index (χ0n) is 17.2. The second kappa shape index (κ2) is 9.03. The lowest BCUT2D eigenvalue weighted by Crippen LogP contribution is -2.44. The Hall–Kier alpha value is -2.64. The minimum absolute atomic E-state index is 0.0618. The molecule has 0 saturated carbocycles. The molecule has 1 aromatic heterocycles. The highest BCUT2D eigenvalue weighted by molar-refractivity contribution is 5.80. The highest BCUT2D eigenvalue weighted by Gasteiger charge is 2.19. The van der Waals surface area contributed by atoms with Gasteiger partial charge in [-0.15, -0.1) is 0 Å². The first kappa shape index (κ1) is 20.1. The van der Waals surface area contributed by atoms with E-state index in [2.05, 4.69) is 46.6 Å². The SMILES string of the molecule is Cc1ccc(-c2cnn3c2N(C)NCC(=O)N(CCCN(C)C)/C=C\C3)cc1. The largest absolute Gasteiger partial charge is 0.318 e. The number of aromatic nitrogens is 2. The van der Waals surface area contributed by atoms with Gasteiger partial charge >= 0.3 is 0 Å². The fourth-order valence-electron chi connectivity index (χ4n) is 3.28. The zero-order valence-corrected chi connectivity index (χ0v) is 17.2. The van der Waals surface area contributed by atoms with E-state index < -0.39 is 0 Å². The molecule has 0 saturated heterocycles. The van der Waals surface area contributed by atoms with Gasteiger partial charge in [-0.3, -0.25) is 9.80 Å². The molecule has 28 heavy (non-hydrogen) atoms. The Morgan fingerprint density at radius 2 is 1.96 bits per heavy atom. The minimum atomic E-state index is 0.0618. The molecule has 0 spiro atoms. The van der Waals surface area contributed by atoms with Crippen molar-refractivity contribution in [1.82, 2.24) is 25.0 Å². The van der Waals surface area contributed by atoms with Crippen LogP contribution < -0.4 is 10.4 Å². The highest BCUT2D eigenvalue weighted by atomic mass is 16.2. The molecule has 1 N–H and O–H groups in total. The molecule has 1 aromatic carbocycles. The lowest BCUT2D eigenvalue weighted by Gasteiger charge is -2.26. The standard InChI is InChI=1S/C21H30N6O/c1-17-7-9-18(10-8-17)19-15-23-27-14-6-13-26(12-5-11-24(2)3)20(28)16-22-25(4)21(19)27/h6-10,13,15,22H,5,11-12,14,16H2,1-4H3/b13-6-. The molecule has 150 valence electrons. The number of nitrogens with zero attached hydrogens (tertiary/aromatic N) is 5. The van der Waals surface area contributed by atoms with Crippen molar-refractivity contribution in [3.8, 4) is 11.1 Å². The van der Waals surface area contributed by atoms with Crippen LogP contribution >= 0.6 is 0 Å². The van der Waals surface area contributed by atoms with Crippen LogP contribution in [-0.2, 0) is 11.3 Å². The summed E-state index contributed by atoms with van der Waals surface area (Å²) in [6.07, 6.45) is 6.72. The van der Waals surface area contributed by atoms with Gasteiger partial charge in [0.15, 0.2) is 0 Å². The van der Waals surface area contributed by atoms with Gasteiger partial charge in [0.05, 0.1) is 19.3 Å². The Kier molecular flexibility index (Phi) is 6.49. The maximum atomic E-state index is 12.6. The number of carbonyl (C=O) groups is 1. The molecule has 2 heterocycles. The molecule has 2 aromatic rings. The van der Waals surface area contributed by atoms with Gasteiger partial charge < -0.3 is 9.80 Å². The Balaban J connectivity index is 1.83. The highest BCUT2D eigenvalue weighted by Crippen LogP contribution is 2.30. The maximum Gasteiger partial charge on any atom is 0.242 e. The number of anilines is 1. The normalized spacial score (nSPS) is 16.4. The molecule has 0 fully saturated rings. The molecule has 7 nitrogen and oxygen atoms in total. The first-order valence-corrected chi connectivity index (χ1v) is 9.66. The van der Waals surface area contributed by atoms with E-state index in [4.69, 9.17) is 0 Å². The fraction of sp³-hybridized carbons (Fsp3) is 0.429. The summed E-state index contributed by atoms with van der Waals surface area (Å²) in [5.41, 5.74) is 6.61. The van der Waals surface area contributed by atoms with Crippen molar-refractivity contribution in [2.75, 3.05) is 45.8 Å². The Bertz CT molecular complexity index is 824. The molecule has 0 unspecified atom stereocenters. The van der Waals surface area contributed by atoms with Gasteiger partial charge in [-0.1, -0.05) is 29.8 Å². The summed E-state index contributed by atoms with van der Waals surface area (Å²) in [6, 6.07) is 8.41. The molecule has 0 atom stereocenters. The van der Waals surface area contributed by atoms with E-state index in [1.165, 1.54) is 5.56 Å². The lowest BCUT2D eigenvalue weighted by atomic mass is 10.1. The van der Waals surface area contributed by atoms with Crippen LogP contribution in [0.25, 0.3) is 11.1 Å². The number of hydrogen-bond donors (Lipinski definition) is 1. The van der Waals surface area contributed by atoms with Crippen molar-refractivity contribution < 1.29 is 4.79 Å². The molecule has 0 bridgehead atoms. The maximum absolute atomic E-state index is 12.6. The summed E-state index contributed by atoms with van der Waals surface area (Å²) in [5, 5.41) is 6.48. The van der Waals surface area contributed by atoms with Crippen LogP contribution in [0.2, 0.25) is 0 Å². The van der Waals surface area contributed by atoms with E-state index in [9.17, 15) is 4.79 Å². The predicted octanol–water partition coefficient (Wildman–Crippen LogP) is 2.11. The molecular weight excluding hydrogens is 352 g/mol. The summed E-state index contributed by atoms with van der Waals surface area (Å²) < 4.78 is 1.95. The van der Waals surface area contributed by atoms with Crippen molar-refractivity contribution in [2.45, 2.75) is 19.9 Å². The lowest BCUT2D eigenvalue weighted by molar-refractivity contribution is -0.127. The van der Waals surface area contributed by atoms with E-state index in [1.807, 2.05) is 49.3 Å². The number of fused-ring (bicyclic) bond motifs is 1. The van der Waals surface area contributed by atoms with Gasteiger partial charge in [-0.05, 0) is 45.6 Å². The van der Waals surface area contributed by atoms with E-state index in [-0.39, 0.29) is 12.5 Å². The second-order valence-corrected chi connectivity index (χ2v) is 7.45. The van der Waals surface area contributed by atoms with Crippen LogP contribution in [0.4, 0.5) is 5.82 Å². The number of hydrogen-bond acceptors (Lipinski definition) is 5. The molecule has 0 aliphatic carbocycles. The van der Waals surface area contributed by atoms with Gasteiger partial charge in [0.1, 0.15) is 5.82 Å². The number of hydrazine groups is 1.